The van der Waals surface area contributed by atoms with Crippen LogP contribution in [0.1, 0.15) is 11.3 Å². The van der Waals surface area contributed by atoms with Crippen molar-refractivity contribution >= 4 is 29.0 Å². The Morgan fingerprint density at radius 1 is 1.10 bits per heavy atom. The molecule has 3 aromatic rings. The summed E-state index contributed by atoms with van der Waals surface area (Å²) in [6.45, 7) is 0.0649. The van der Waals surface area contributed by atoms with E-state index in [1.807, 2.05) is 6.07 Å². The minimum atomic E-state index is -4.63. The third kappa shape index (κ3) is 3.20. The fraction of sp³-hybridized carbons (Fsp3) is 0.111. The van der Waals surface area contributed by atoms with Crippen LogP contribution < -0.4 is 15.2 Å². The minimum absolute atomic E-state index is 0.0241. The van der Waals surface area contributed by atoms with Crippen molar-refractivity contribution < 1.29 is 22.6 Å². The number of fused-ring (bicyclic) bond motifs is 1. The van der Waals surface area contributed by atoms with Gasteiger partial charge in [-0.1, -0.05) is 29.3 Å². The zero-order valence-electron chi connectivity index (χ0n) is 14.2. The van der Waals surface area contributed by atoms with E-state index in [-0.39, 0.29) is 39.6 Å². The fourth-order valence-electron chi connectivity index (χ4n) is 2.95. The molecule has 4 rings (SSSR count). The second-order valence-corrected chi connectivity index (χ2v) is 6.80. The van der Waals surface area contributed by atoms with Gasteiger partial charge in [0.1, 0.15) is 17.6 Å². The van der Waals surface area contributed by atoms with Gasteiger partial charge in [-0.2, -0.15) is 23.5 Å². The van der Waals surface area contributed by atoms with Crippen LogP contribution in [0.5, 0.6) is 11.5 Å². The van der Waals surface area contributed by atoms with E-state index < -0.39 is 11.7 Å². The molecular formula is C18H9Cl2F3N4O2. The third-order valence-electron chi connectivity index (χ3n) is 4.24. The first-order valence-corrected chi connectivity index (χ1v) is 8.71. The molecule has 1 aliphatic rings. The van der Waals surface area contributed by atoms with Gasteiger partial charge in [0.2, 0.25) is 6.79 Å². The van der Waals surface area contributed by atoms with Gasteiger partial charge in [-0.25, -0.2) is 4.68 Å². The van der Waals surface area contributed by atoms with E-state index in [0.717, 1.165) is 16.8 Å². The predicted molar refractivity (Wildman–Crippen MR) is 99.3 cm³/mol. The van der Waals surface area contributed by atoms with Gasteiger partial charge in [0.15, 0.2) is 17.2 Å². The second kappa shape index (κ2) is 6.76. The summed E-state index contributed by atoms with van der Waals surface area (Å²) in [7, 11) is 0. The normalized spacial score (nSPS) is 12.8. The molecule has 11 heteroatoms. The van der Waals surface area contributed by atoms with Crippen LogP contribution >= 0.6 is 23.2 Å². The van der Waals surface area contributed by atoms with Gasteiger partial charge in [0, 0.05) is 0 Å². The lowest BCUT2D eigenvalue weighted by molar-refractivity contribution is -0.137. The summed E-state index contributed by atoms with van der Waals surface area (Å²) in [5.41, 5.74) is 5.81. The molecule has 0 atom stereocenters. The van der Waals surface area contributed by atoms with Crippen LogP contribution in [-0.4, -0.2) is 16.6 Å². The average molecular weight is 441 g/mol. The molecular weight excluding hydrogens is 432 g/mol. The van der Waals surface area contributed by atoms with E-state index >= 15 is 0 Å². The van der Waals surface area contributed by atoms with E-state index in [1.54, 1.807) is 18.2 Å². The van der Waals surface area contributed by atoms with Crippen LogP contribution in [0.25, 0.3) is 16.8 Å². The molecule has 0 radical (unpaired) electrons. The van der Waals surface area contributed by atoms with Gasteiger partial charge in [-0.3, -0.25) is 0 Å². The number of aromatic nitrogens is 2. The van der Waals surface area contributed by atoms with Gasteiger partial charge < -0.3 is 15.2 Å². The second-order valence-electron chi connectivity index (χ2n) is 5.99. The van der Waals surface area contributed by atoms with E-state index in [1.165, 1.54) is 0 Å². The molecule has 6 nitrogen and oxygen atoms in total. The summed E-state index contributed by atoms with van der Waals surface area (Å²) in [6.07, 6.45) is -4.63. The lowest BCUT2D eigenvalue weighted by atomic mass is 10.0. The number of hydrogen-bond acceptors (Lipinski definition) is 5. The molecule has 0 saturated heterocycles. The average Bonchev–Trinajstić information content (AvgIpc) is 3.24. The number of rotatable bonds is 2. The number of nitriles is 1. The van der Waals surface area contributed by atoms with E-state index in [0.29, 0.717) is 17.1 Å². The first kappa shape index (κ1) is 19.2. The van der Waals surface area contributed by atoms with Crippen molar-refractivity contribution in [2.45, 2.75) is 6.18 Å². The number of ether oxygens (including phenoxy) is 2. The highest BCUT2D eigenvalue weighted by Crippen LogP contribution is 2.42. The molecule has 148 valence electrons. The zero-order chi connectivity index (χ0) is 20.9. The number of nitrogens with zero attached hydrogens (tertiary/aromatic N) is 3. The molecule has 2 aromatic carbocycles. The Morgan fingerprint density at radius 3 is 2.38 bits per heavy atom. The highest BCUT2D eigenvalue weighted by atomic mass is 35.5. The largest absolute Gasteiger partial charge is 0.454 e. The Kier molecular flexibility index (Phi) is 4.48. The van der Waals surface area contributed by atoms with Crippen LogP contribution in [0.4, 0.5) is 19.0 Å². The topological polar surface area (TPSA) is 86.1 Å². The van der Waals surface area contributed by atoms with Crippen molar-refractivity contribution in [3.05, 3.63) is 51.6 Å². The van der Waals surface area contributed by atoms with Gasteiger partial charge in [0.05, 0.1) is 21.2 Å². The predicted octanol–water partition coefficient (Wildman–Crippen LogP) is 5.05. The Bertz CT molecular complexity index is 1160. The highest BCUT2D eigenvalue weighted by Gasteiger charge is 2.33. The molecule has 2 N–H and O–H groups in total. The Hall–Kier alpha value is -3.09. The molecule has 0 saturated carbocycles. The maximum atomic E-state index is 13.0. The van der Waals surface area contributed by atoms with Crippen LogP contribution in [-0.2, 0) is 6.18 Å². The van der Waals surface area contributed by atoms with Crippen molar-refractivity contribution in [1.82, 2.24) is 9.78 Å². The summed E-state index contributed by atoms with van der Waals surface area (Å²) in [5.74, 6) is 0.972. The third-order valence-corrected chi connectivity index (χ3v) is 4.82. The molecule has 0 aliphatic carbocycles. The van der Waals surface area contributed by atoms with Gasteiger partial charge >= 0.3 is 6.18 Å². The van der Waals surface area contributed by atoms with Crippen molar-refractivity contribution in [3.63, 3.8) is 0 Å². The number of halogens is 5. The molecule has 2 heterocycles. The molecule has 0 spiro atoms. The highest BCUT2D eigenvalue weighted by molar-refractivity contribution is 6.38. The van der Waals surface area contributed by atoms with Crippen molar-refractivity contribution in [1.29, 1.82) is 5.26 Å². The van der Waals surface area contributed by atoms with E-state index in [9.17, 15) is 18.4 Å². The Balaban J connectivity index is 1.89. The van der Waals surface area contributed by atoms with Crippen LogP contribution in [0.2, 0.25) is 10.0 Å². The SMILES string of the molecule is N#Cc1nn(-c2c(Cl)cc(C(F)(F)F)cc2Cl)c(N)c1-c1ccc2c(c1)OCO2. The standard InChI is InChI=1S/C18H9Cl2F3N4O2/c19-10-4-9(18(21,22)23)5-11(20)16(10)27-17(25)15(12(6-24)26-27)8-1-2-13-14(3-8)29-7-28-13/h1-5H,7,25H2. The fourth-order valence-corrected chi connectivity index (χ4v) is 3.60. The molecule has 29 heavy (non-hydrogen) atoms. The van der Waals surface area contributed by atoms with E-state index in [4.69, 9.17) is 38.4 Å². The van der Waals surface area contributed by atoms with Gasteiger partial charge in [-0.15, -0.1) is 0 Å². The molecule has 0 bridgehead atoms. The van der Waals surface area contributed by atoms with Crippen LogP contribution in [0.15, 0.2) is 30.3 Å². The molecule has 0 fully saturated rings. The zero-order valence-corrected chi connectivity index (χ0v) is 15.7. The summed E-state index contributed by atoms with van der Waals surface area (Å²) in [6, 6.07) is 8.28. The van der Waals surface area contributed by atoms with Crippen molar-refractivity contribution in [2.24, 2.45) is 0 Å². The number of alkyl halides is 3. The Morgan fingerprint density at radius 2 is 1.76 bits per heavy atom. The monoisotopic (exact) mass is 440 g/mol. The lowest BCUT2D eigenvalue weighted by Crippen LogP contribution is -2.08. The summed E-state index contributed by atoms with van der Waals surface area (Å²) >= 11 is 12.1. The summed E-state index contributed by atoms with van der Waals surface area (Å²) in [5, 5.41) is 12.9. The van der Waals surface area contributed by atoms with Crippen molar-refractivity contribution in [2.75, 3.05) is 12.5 Å². The van der Waals surface area contributed by atoms with Crippen molar-refractivity contribution in [3.8, 4) is 34.4 Å². The first-order valence-electron chi connectivity index (χ1n) is 7.96. The molecule has 0 unspecified atom stereocenters. The van der Waals surface area contributed by atoms with Crippen LogP contribution in [0, 0.1) is 11.3 Å². The molecule has 1 aromatic heterocycles. The van der Waals surface area contributed by atoms with Crippen LogP contribution in [0.3, 0.4) is 0 Å². The minimum Gasteiger partial charge on any atom is -0.454 e. The van der Waals surface area contributed by atoms with Gasteiger partial charge in [0.25, 0.3) is 0 Å². The maximum Gasteiger partial charge on any atom is 0.416 e. The van der Waals surface area contributed by atoms with E-state index in [2.05, 4.69) is 5.10 Å². The summed E-state index contributed by atoms with van der Waals surface area (Å²) < 4.78 is 50.6. The smallest absolute Gasteiger partial charge is 0.416 e. The number of nitrogen functional groups attached to an aromatic ring is 1. The van der Waals surface area contributed by atoms with Gasteiger partial charge in [-0.05, 0) is 29.8 Å². The molecule has 0 amide bonds. The maximum absolute atomic E-state index is 13.0. The number of hydrogen-bond donors (Lipinski definition) is 1. The first-order chi connectivity index (χ1) is 13.7. The quantitative estimate of drug-likeness (QED) is 0.602. The number of nitrogens with two attached hydrogens (primary N) is 1. The summed E-state index contributed by atoms with van der Waals surface area (Å²) in [4.78, 5) is 0. The lowest BCUT2D eigenvalue weighted by Gasteiger charge is -2.13. The number of anilines is 1. The number of benzene rings is 2. The molecule has 1 aliphatic heterocycles. The Labute approximate surface area is 171 Å².